The summed E-state index contributed by atoms with van der Waals surface area (Å²) in [5.41, 5.74) is 0.338. The Morgan fingerprint density at radius 2 is 2.10 bits per heavy atom. The number of hydrogen-bond donors (Lipinski definition) is 2. The topological polar surface area (TPSA) is 82.8 Å². The molecule has 0 spiro atoms. The van der Waals surface area contributed by atoms with E-state index in [0.29, 0.717) is 10.7 Å². The number of likely N-dealkylation sites (tertiary alicyclic amines) is 1. The number of aliphatic carboxylic acids is 1. The fourth-order valence-corrected chi connectivity index (χ4v) is 2.67. The fourth-order valence-electron chi connectivity index (χ4n) is 2.46. The van der Waals surface area contributed by atoms with Crippen molar-refractivity contribution in [2.45, 2.75) is 38.5 Å². The van der Waals surface area contributed by atoms with Gasteiger partial charge in [0.2, 0.25) is 0 Å². The lowest BCUT2D eigenvalue weighted by Gasteiger charge is -2.22. The zero-order valence-corrected chi connectivity index (χ0v) is 12.0. The zero-order valence-electron chi connectivity index (χ0n) is 11.3. The van der Waals surface area contributed by atoms with Gasteiger partial charge in [0.15, 0.2) is 0 Å². The predicted octanol–water partition coefficient (Wildman–Crippen LogP) is 1.38. The van der Waals surface area contributed by atoms with Crippen molar-refractivity contribution < 1.29 is 19.8 Å². The quantitative estimate of drug-likeness (QED) is 0.883. The highest BCUT2D eigenvalue weighted by atomic mass is 35.5. The summed E-state index contributed by atoms with van der Waals surface area (Å²) in [6.45, 7) is 3.83. The van der Waals surface area contributed by atoms with Crippen molar-refractivity contribution in [1.29, 1.82) is 0 Å². The Morgan fingerprint density at radius 1 is 1.45 bits per heavy atom. The third kappa shape index (κ3) is 2.66. The number of β-amino-alcohol motifs (C(OH)–C–C–N with tert-alkyl or cyclic N) is 1. The van der Waals surface area contributed by atoms with Crippen LogP contribution in [0.5, 0.6) is 0 Å². The molecular formula is C13H17ClN2O4. The number of halogens is 1. The van der Waals surface area contributed by atoms with Crippen LogP contribution >= 0.6 is 11.6 Å². The molecule has 0 aliphatic carbocycles. The average Bonchev–Trinajstić information content (AvgIpc) is 2.91. The van der Waals surface area contributed by atoms with Gasteiger partial charge in [-0.1, -0.05) is 11.6 Å². The number of aliphatic hydroxyl groups excluding tert-OH is 1. The van der Waals surface area contributed by atoms with E-state index in [1.54, 1.807) is 10.8 Å². The molecule has 1 fully saturated rings. The molecule has 0 saturated carbocycles. The molecule has 2 N–H and O–H groups in total. The van der Waals surface area contributed by atoms with Crippen molar-refractivity contribution >= 4 is 23.5 Å². The van der Waals surface area contributed by atoms with Crippen LogP contribution in [0, 0.1) is 0 Å². The SMILES string of the molecule is CC(C)n1cc(Cl)cc1C(=O)N1C[C@H](O)C[C@@H]1C(=O)O. The summed E-state index contributed by atoms with van der Waals surface area (Å²) in [4.78, 5) is 24.9. The highest BCUT2D eigenvalue weighted by Crippen LogP contribution is 2.25. The van der Waals surface area contributed by atoms with Gasteiger partial charge in [0.1, 0.15) is 11.7 Å². The van der Waals surface area contributed by atoms with E-state index >= 15 is 0 Å². The molecule has 1 saturated heterocycles. The van der Waals surface area contributed by atoms with Crippen LogP contribution in [0.25, 0.3) is 0 Å². The second kappa shape index (κ2) is 5.46. The van der Waals surface area contributed by atoms with E-state index in [4.69, 9.17) is 16.7 Å². The maximum absolute atomic E-state index is 12.5. The van der Waals surface area contributed by atoms with E-state index in [1.807, 2.05) is 13.8 Å². The Balaban J connectivity index is 2.33. The third-order valence-corrected chi connectivity index (χ3v) is 3.62. The van der Waals surface area contributed by atoms with E-state index in [1.165, 1.54) is 11.0 Å². The van der Waals surface area contributed by atoms with Gasteiger partial charge >= 0.3 is 5.97 Å². The van der Waals surface area contributed by atoms with Crippen LogP contribution in [-0.2, 0) is 4.79 Å². The number of aliphatic hydroxyl groups is 1. The van der Waals surface area contributed by atoms with Gasteiger partial charge in [0.25, 0.3) is 5.91 Å². The summed E-state index contributed by atoms with van der Waals surface area (Å²) >= 11 is 5.93. The highest BCUT2D eigenvalue weighted by molar-refractivity contribution is 6.31. The Kier molecular flexibility index (Phi) is 4.06. The largest absolute Gasteiger partial charge is 0.480 e. The van der Waals surface area contributed by atoms with Crippen LogP contribution < -0.4 is 0 Å². The molecule has 1 aliphatic heterocycles. The smallest absolute Gasteiger partial charge is 0.326 e. The molecule has 2 heterocycles. The Labute approximate surface area is 121 Å². The van der Waals surface area contributed by atoms with Crippen molar-refractivity contribution in [1.82, 2.24) is 9.47 Å². The number of hydrogen-bond acceptors (Lipinski definition) is 3. The Hall–Kier alpha value is -1.53. The number of rotatable bonds is 3. The second-order valence-electron chi connectivity index (χ2n) is 5.25. The van der Waals surface area contributed by atoms with Crippen molar-refractivity contribution in [2.24, 2.45) is 0 Å². The normalized spacial score (nSPS) is 22.6. The molecule has 1 aromatic rings. The van der Waals surface area contributed by atoms with Crippen LogP contribution in [0.2, 0.25) is 5.02 Å². The van der Waals surface area contributed by atoms with Crippen molar-refractivity contribution in [3.63, 3.8) is 0 Å². The summed E-state index contributed by atoms with van der Waals surface area (Å²) in [5.74, 6) is -1.53. The second-order valence-corrected chi connectivity index (χ2v) is 5.68. The van der Waals surface area contributed by atoms with Gasteiger partial charge < -0.3 is 19.7 Å². The number of carboxylic acid groups (broad SMARTS) is 1. The molecule has 2 rings (SSSR count). The van der Waals surface area contributed by atoms with Crippen LogP contribution in [0.3, 0.4) is 0 Å². The minimum Gasteiger partial charge on any atom is -0.480 e. The van der Waals surface area contributed by atoms with Gasteiger partial charge in [-0.3, -0.25) is 4.79 Å². The third-order valence-electron chi connectivity index (χ3n) is 3.42. The predicted molar refractivity (Wildman–Crippen MR) is 72.9 cm³/mol. The first kappa shape index (κ1) is 14.9. The number of aromatic nitrogens is 1. The number of amides is 1. The molecule has 1 amide bonds. The van der Waals surface area contributed by atoms with Crippen molar-refractivity contribution in [3.05, 3.63) is 23.0 Å². The maximum Gasteiger partial charge on any atom is 0.326 e. The summed E-state index contributed by atoms with van der Waals surface area (Å²) in [7, 11) is 0. The van der Waals surface area contributed by atoms with E-state index in [-0.39, 0.29) is 19.0 Å². The maximum atomic E-state index is 12.5. The first-order chi connectivity index (χ1) is 9.31. The molecule has 110 valence electrons. The molecule has 0 unspecified atom stereocenters. The van der Waals surface area contributed by atoms with Crippen LogP contribution in [0.4, 0.5) is 0 Å². The van der Waals surface area contributed by atoms with E-state index in [2.05, 4.69) is 0 Å². The van der Waals surface area contributed by atoms with E-state index in [9.17, 15) is 14.7 Å². The molecule has 0 radical (unpaired) electrons. The Morgan fingerprint density at radius 3 is 2.65 bits per heavy atom. The lowest BCUT2D eigenvalue weighted by Crippen LogP contribution is -2.41. The number of carbonyl (C=O) groups is 2. The molecular weight excluding hydrogens is 284 g/mol. The van der Waals surface area contributed by atoms with Gasteiger partial charge in [0, 0.05) is 25.2 Å². The standard InChI is InChI=1S/C13H17ClN2O4/c1-7(2)15-5-8(14)3-10(15)12(18)16-6-9(17)4-11(16)13(19)20/h3,5,7,9,11,17H,4,6H2,1-2H3,(H,19,20)/t9-,11-/m1/s1. The van der Waals surface area contributed by atoms with E-state index in [0.717, 1.165) is 0 Å². The minimum atomic E-state index is -1.11. The molecule has 7 heteroatoms. The monoisotopic (exact) mass is 300 g/mol. The van der Waals surface area contributed by atoms with Crippen LogP contribution in [-0.4, -0.2) is 50.2 Å². The van der Waals surface area contributed by atoms with Crippen molar-refractivity contribution in [3.8, 4) is 0 Å². The Bertz CT molecular complexity index is 540. The van der Waals surface area contributed by atoms with Gasteiger partial charge in [-0.15, -0.1) is 0 Å². The summed E-state index contributed by atoms with van der Waals surface area (Å²) in [6, 6.07) is 0.553. The summed E-state index contributed by atoms with van der Waals surface area (Å²) in [5, 5.41) is 19.2. The number of carboxylic acids is 1. The highest BCUT2D eigenvalue weighted by Gasteiger charge is 2.40. The summed E-state index contributed by atoms with van der Waals surface area (Å²) in [6.07, 6.45) is 0.886. The van der Waals surface area contributed by atoms with Gasteiger partial charge in [-0.05, 0) is 19.9 Å². The molecule has 2 atom stereocenters. The van der Waals surface area contributed by atoms with Gasteiger partial charge in [-0.2, -0.15) is 0 Å². The molecule has 1 aromatic heterocycles. The summed E-state index contributed by atoms with van der Waals surface area (Å²) < 4.78 is 1.70. The lowest BCUT2D eigenvalue weighted by atomic mass is 10.2. The van der Waals surface area contributed by atoms with Gasteiger partial charge in [-0.25, -0.2) is 4.79 Å². The molecule has 1 aliphatic rings. The van der Waals surface area contributed by atoms with Gasteiger partial charge in [0.05, 0.1) is 11.1 Å². The molecule has 6 nitrogen and oxygen atoms in total. The van der Waals surface area contributed by atoms with Crippen LogP contribution in [0.1, 0.15) is 36.8 Å². The number of nitrogens with zero attached hydrogens (tertiary/aromatic N) is 2. The van der Waals surface area contributed by atoms with Crippen LogP contribution in [0.15, 0.2) is 12.3 Å². The minimum absolute atomic E-state index is 0.0245. The van der Waals surface area contributed by atoms with E-state index < -0.39 is 24.0 Å². The average molecular weight is 301 g/mol. The lowest BCUT2D eigenvalue weighted by molar-refractivity contribution is -0.141. The zero-order chi connectivity index (χ0) is 15.0. The van der Waals surface area contributed by atoms with Crippen molar-refractivity contribution in [2.75, 3.05) is 6.54 Å². The fraction of sp³-hybridized carbons (Fsp3) is 0.538. The molecule has 0 bridgehead atoms. The first-order valence-corrected chi connectivity index (χ1v) is 6.78. The number of carbonyl (C=O) groups excluding carboxylic acids is 1. The molecule has 0 aromatic carbocycles. The first-order valence-electron chi connectivity index (χ1n) is 6.40. The molecule has 20 heavy (non-hydrogen) atoms.